The third kappa shape index (κ3) is 3.37. The van der Waals surface area contributed by atoms with Crippen LogP contribution in [0.15, 0.2) is 18.2 Å². The van der Waals surface area contributed by atoms with Crippen molar-refractivity contribution in [1.29, 1.82) is 0 Å². The second kappa shape index (κ2) is 6.08. The summed E-state index contributed by atoms with van der Waals surface area (Å²) in [5.41, 5.74) is 6.72. The first-order valence-electron chi connectivity index (χ1n) is 4.95. The average molecular weight is 290 g/mol. The SMILES string of the molecule is COc1cc(N)cc(C(O)C(O)CCBr)c1. The van der Waals surface area contributed by atoms with Crippen molar-refractivity contribution in [3.8, 4) is 5.75 Å². The fourth-order valence-corrected chi connectivity index (χ4v) is 1.90. The molecule has 0 heterocycles. The molecule has 4 N–H and O–H groups in total. The van der Waals surface area contributed by atoms with Crippen molar-refractivity contribution < 1.29 is 14.9 Å². The molecule has 1 rings (SSSR count). The van der Waals surface area contributed by atoms with Crippen molar-refractivity contribution in [2.24, 2.45) is 0 Å². The maximum absolute atomic E-state index is 9.88. The minimum absolute atomic E-state index is 0.471. The number of methoxy groups -OCH3 is 1. The number of aliphatic hydroxyl groups is 2. The summed E-state index contributed by atoms with van der Waals surface area (Å²) in [4.78, 5) is 0. The molecular weight excluding hydrogens is 274 g/mol. The first-order valence-corrected chi connectivity index (χ1v) is 6.07. The van der Waals surface area contributed by atoms with Gasteiger partial charge in [-0.3, -0.25) is 0 Å². The van der Waals surface area contributed by atoms with Gasteiger partial charge in [-0.25, -0.2) is 0 Å². The predicted octanol–water partition coefficient (Wildman–Crippen LogP) is 1.46. The van der Waals surface area contributed by atoms with Crippen LogP contribution in [0.5, 0.6) is 5.75 Å². The van der Waals surface area contributed by atoms with Gasteiger partial charge in [-0.2, -0.15) is 0 Å². The van der Waals surface area contributed by atoms with E-state index in [9.17, 15) is 10.2 Å². The summed E-state index contributed by atoms with van der Waals surface area (Å²) in [5.74, 6) is 0.570. The van der Waals surface area contributed by atoms with Crippen LogP contribution in [0.25, 0.3) is 0 Å². The fourth-order valence-electron chi connectivity index (χ4n) is 1.43. The molecule has 0 amide bonds. The van der Waals surface area contributed by atoms with Crippen LogP contribution < -0.4 is 10.5 Å². The number of benzene rings is 1. The van der Waals surface area contributed by atoms with Gasteiger partial charge in [-0.15, -0.1) is 0 Å². The van der Waals surface area contributed by atoms with Gasteiger partial charge in [0.2, 0.25) is 0 Å². The first kappa shape index (κ1) is 13.3. The highest BCUT2D eigenvalue weighted by Crippen LogP contribution is 2.26. The molecule has 0 spiro atoms. The van der Waals surface area contributed by atoms with E-state index in [1.807, 2.05) is 0 Å². The smallest absolute Gasteiger partial charge is 0.121 e. The molecule has 1 aromatic rings. The molecule has 0 aliphatic carbocycles. The van der Waals surface area contributed by atoms with Crippen LogP contribution in [0.3, 0.4) is 0 Å². The quantitative estimate of drug-likeness (QED) is 0.567. The van der Waals surface area contributed by atoms with E-state index in [1.54, 1.807) is 18.2 Å². The number of nitrogen functional groups attached to an aromatic ring is 1. The Morgan fingerprint density at radius 1 is 1.38 bits per heavy atom. The lowest BCUT2D eigenvalue weighted by atomic mass is 10.0. The van der Waals surface area contributed by atoms with Gasteiger partial charge in [0.15, 0.2) is 0 Å². The Bertz CT molecular complexity index is 346. The highest BCUT2D eigenvalue weighted by molar-refractivity contribution is 9.09. The number of ether oxygens (including phenoxy) is 1. The van der Waals surface area contributed by atoms with E-state index in [-0.39, 0.29) is 0 Å². The Morgan fingerprint density at radius 3 is 2.62 bits per heavy atom. The summed E-state index contributed by atoms with van der Waals surface area (Å²) in [6, 6.07) is 4.95. The molecule has 0 saturated carbocycles. The van der Waals surface area contributed by atoms with Crippen LogP contribution in [0, 0.1) is 0 Å². The molecule has 0 saturated heterocycles. The zero-order valence-corrected chi connectivity index (χ0v) is 10.6. The second-order valence-corrected chi connectivity index (χ2v) is 4.32. The molecule has 2 unspecified atom stereocenters. The molecule has 2 atom stereocenters. The zero-order valence-electron chi connectivity index (χ0n) is 9.06. The molecule has 0 aromatic heterocycles. The van der Waals surface area contributed by atoms with Crippen LogP contribution >= 0.6 is 15.9 Å². The third-order valence-electron chi connectivity index (χ3n) is 2.30. The normalized spacial score (nSPS) is 14.5. The number of nitrogens with two attached hydrogens (primary N) is 1. The third-order valence-corrected chi connectivity index (χ3v) is 2.76. The number of alkyl halides is 1. The van der Waals surface area contributed by atoms with E-state index in [0.717, 1.165) is 0 Å². The van der Waals surface area contributed by atoms with Crippen molar-refractivity contribution in [3.05, 3.63) is 23.8 Å². The Labute approximate surface area is 103 Å². The van der Waals surface area contributed by atoms with Crippen molar-refractivity contribution in [1.82, 2.24) is 0 Å². The summed E-state index contributed by atoms with van der Waals surface area (Å²) in [7, 11) is 1.53. The molecule has 1 aromatic carbocycles. The Balaban J connectivity index is 2.89. The van der Waals surface area contributed by atoms with Gasteiger partial charge in [-0.05, 0) is 24.1 Å². The van der Waals surface area contributed by atoms with E-state index >= 15 is 0 Å². The summed E-state index contributed by atoms with van der Waals surface area (Å²) >= 11 is 3.21. The van der Waals surface area contributed by atoms with Crippen molar-refractivity contribution >= 4 is 21.6 Å². The molecular formula is C11H16BrNO3. The van der Waals surface area contributed by atoms with Crippen LogP contribution in [0.4, 0.5) is 5.69 Å². The highest BCUT2D eigenvalue weighted by atomic mass is 79.9. The number of hydrogen-bond acceptors (Lipinski definition) is 4. The molecule has 0 bridgehead atoms. The summed E-state index contributed by atoms with van der Waals surface area (Å²) in [6.45, 7) is 0. The van der Waals surface area contributed by atoms with Crippen molar-refractivity contribution in [3.63, 3.8) is 0 Å². The fraction of sp³-hybridized carbons (Fsp3) is 0.455. The van der Waals surface area contributed by atoms with E-state index < -0.39 is 12.2 Å². The van der Waals surface area contributed by atoms with Gasteiger partial charge < -0.3 is 20.7 Å². The summed E-state index contributed by atoms with van der Waals surface area (Å²) < 4.78 is 5.04. The van der Waals surface area contributed by atoms with Crippen LogP contribution in [-0.4, -0.2) is 28.8 Å². The topological polar surface area (TPSA) is 75.7 Å². The van der Waals surface area contributed by atoms with E-state index in [4.69, 9.17) is 10.5 Å². The maximum atomic E-state index is 9.88. The van der Waals surface area contributed by atoms with Crippen molar-refractivity contribution in [2.75, 3.05) is 18.2 Å². The van der Waals surface area contributed by atoms with Crippen LogP contribution in [0.1, 0.15) is 18.1 Å². The first-order chi connectivity index (χ1) is 7.58. The number of anilines is 1. The van der Waals surface area contributed by atoms with Gasteiger partial charge in [0.1, 0.15) is 11.9 Å². The Morgan fingerprint density at radius 2 is 2.06 bits per heavy atom. The van der Waals surface area contributed by atoms with E-state index in [2.05, 4.69) is 15.9 Å². The zero-order chi connectivity index (χ0) is 12.1. The Hall–Kier alpha value is -0.780. The monoisotopic (exact) mass is 289 g/mol. The van der Waals surface area contributed by atoms with Gasteiger partial charge in [0, 0.05) is 17.1 Å². The molecule has 0 aliphatic rings. The van der Waals surface area contributed by atoms with Crippen LogP contribution in [-0.2, 0) is 0 Å². The number of aliphatic hydroxyl groups excluding tert-OH is 2. The highest BCUT2D eigenvalue weighted by Gasteiger charge is 2.18. The predicted molar refractivity (Wildman–Crippen MR) is 66.8 cm³/mol. The van der Waals surface area contributed by atoms with Gasteiger partial charge >= 0.3 is 0 Å². The minimum Gasteiger partial charge on any atom is -0.497 e. The lowest BCUT2D eigenvalue weighted by Crippen LogP contribution is -2.18. The molecule has 0 radical (unpaired) electrons. The Kier molecular flexibility index (Phi) is 5.05. The maximum Gasteiger partial charge on any atom is 0.121 e. The van der Waals surface area contributed by atoms with Crippen molar-refractivity contribution in [2.45, 2.75) is 18.6 Å². The van der Waals surface area contributed by atoms with Gasteiger partial charge in [-0.1, -0.05) is 15.9 Å². The largest absolute Gasteiger partial charge is 0.497 e. The second-order valence-electron chi connectivity index (χ2n) is 3.53. The summed E-state index contributed by atoms with van der Waals surface area (Å²) in [6.07, 6.45) is -1.29. The number of halogens is 1. The molecule has 4 nitrogen and oxygen atoms in total. The number of hydrogen-bond donors (Lipinski definition) is 3. The standard InChI is InChI=1S/C11H16BrNO3/c1-16-9-5-7(4-8(13)6-9)11(15)10(14)2-3-12/h4-6,10-11,14-15H,2-3,13H2,1H3. The molecule has 16 heavy (non-hydrogen) atoms. The van der Waals surface area contributed by atoms with Gasteiger partial charge in [0.25, 0.3) is 0 Å². The lowest BCUT2D eigenvalue weighted by Gasteiger charge is -2.18. The van der Waals surface area contributed by atoms with Gasteiger partial charge in [0.05, 0.1) is 13.2 Å². The summed E-state index contributed by atoms with van der Waals surface area (Å²) in [5, 5.41) is 20.2. The molecule has 0 aliphatic heterocycles. The molecule has 90 valence electrons. The van der Waals surface area contributed by atoms with E-state index in [0.29, 0.717) is 28.8 Å². The molecule has 0 fully saturated rings. The number of rotatable bonds is 5. The average Bonchev–Trinajstić information content (AvgIpc) is 2.27. The lowest BCUT2D eigenvalue weighted by molar-refractivity contribution is 0.0173. The van der Waals surface area contributed by atoms with Crippen LogP contribution in [0.2, 0.25) is 0 Å². The minimum atomic E-state index is -0.949. The molecule has 5 heteroatoms. The van der Waals surface area contributed by atoms with E-state index in [1.165, 1.54) is 7.11 Å².